The van der Waals surface area contributed by atoms with Crippen molar-refractivity contribution in [1.29, 1.82) is 0 Å². The Balaban J connectivity index is 2.52. The summed E-state index contributed by atoms with van der Waals surface area (Å²) in [6.45, 7) is 1.78. The number of hydrogen-bond donors (Lipinski definition) is 1. The summed E-state index contributed by atoms with van der Waals surface area (Å²) in [5, 5.41) is 10.4. The molecule has 1 fully saturated rings. The lowest BCUT2D eigenvalue weighted by molar-refractivity contribution is -0.141. The lowest BCUT2D eigenvalue weighted by Crippen LogP contribution is -2.31. The molecule has 1 saturated carbocycles. The van der Waals surface area contributed by atoms with Crippen molar-refractivity contribution in [3.63, 3.8) is 0 Å². The molecule has 1 heterocycles. The predicted molar refractivity (Wildman–Crippen MR) is 56.2 cm³/mol. The van der Waals surface area contributed by atoms with Gasteiger partial charge in [-0.3, -0.25) is 4.98 Å². The quantitative estimate of drug-likeness (QED) is 0.824. The fourth-order valence-corrected chi connectivity index (χ4v) is 2.55. The second kappa shape index (κ2) is 3.98. The van der Waals surface area contributed by atoms with Crippen molar-refractivity contribution in [1.82, 2.24) is 4.98 Å². The number of halogens is 3. The van der Waals surface area contributed by atoms with E-state index in [2.05, 4.69) is 4.98 Å². The molecule has 0 saturated heterocycles. The van der Waals surface area contributed by atoms with Crippen LogP contribution in [0.5, 0.6) is 0 Å². The number of aliphatic hydroxyl groups is 1. The highest BCUT2D eigenvalue weighted by molar-refractivity contribution is 5.33. The monoisotopic (exact) mass is 245 g/mol. The first kappa shape index (κ1) is 12.4. The Kier molecular flexibility index (Phi) is 2.89. The molecule has 0 aromatic carbocycles. The number of alkyl halides is 3. The molecular weight excluding hydrogens is 231 g/mol. The summed E-state index contributed by atoms with van der Waals surface area (Å²) in [5.41, 5.74) is -2.25. The standard InChI is InChI=1S/C12H14F3NO/c1-8-3-2-5-11(8,17)10-7-16-6-4-9(10)12(13,14)15/h4,6-8,17H,2-3,5H2,1H3. The Morgan fingerprint density at radius 1 is 1.47 bits per heavy atom. The van der Waals surface area contributed by atoms with Crippen molar-refractivity contribution in [3.05, 3.63) is 29.6 Å². The van der Waals surface area contributed by atoms with Gasteiger partial charge in [0.2, 0.25) is 0 Å². The van der Waals surface area contributed by atoms with Crippen LogP contribution in [0.25, 0.3) is 0 Å². The first-order valence-corrected chi connectivity index (χ1v) is 5.60. The van der Waals surface area contributed by atoms with Crippen LogP contribution < -0.4 is 0 Å². The van der Waals surface area contributed by atoms with Gasteiger partial charge in [-0.1, -0.05) is 6.92 Å². The highest BCUT2D eigenvalue weighted by atomic mass is 19.4. The van der Waals surface area contributed by atoms with Crippen molar-refractivity contribution in [3.8, 4) is 0 Å². The summed E-state index contributed by atoms with van der Waals surface area (Å²) >= 11 is 0. The maximum atomic E-state index is 12.9. The van der Waals surface area contributed by atoms with Crippen molar-refractivity contribution in [2.24, 2.45) is 5.92 Å². The van der Waals surface area contributed by atoms with Crippen LogP contribution in [0.4, 0.5) is 13.2 Å². The molecule has 2 nitrogen and oxygen atoms in total. The zero-order valence-corrected chi connectivity index (χ0v) is 9.46. The van der Waals surface area contributed by atoms with Gasteiger partial charge in [0.25, 0.3) is 0 Å². The predicted octanol–water partition coefficient (Wildman–Crippen LogP) is 3.11. The smallest absolute Gasteiger partial charge is 0.385 e. The molecular formula is C12H14F3NO. The SMILES string of the molecule is CC1CCCC1(O)c1cnccc1C(F)(F)F. The summed E-state index contributed by atoms with van der Waals surface area (Å²) in [5.74, 6) is -0.173. The molecule has 5 heteroatoms. The molecule has 0 bridgehead atoms. The lowest BCUT2D eigenvalue weighted by Gasteiger charge is -2.30. The van der Waals surface area contributed by atoms with E-state index in [4.69, 9.17) is 0 Å². The molecule has 1 N–H and O–H groups in total. The minimum absolute atomic E-state index is 0.0856. The summed E-state index contributed by atoms with van der Waals surface area (Å²) in [6, 6.07) is 0.929. The van der Waals surface area contributed by atoms with E-state index in [1.54, 1.807) is 6.92 Å². The fraction of sp³-hybridized carbons (Fsp3) is 0.583. The molecule has 2 rings (SSSR count). The maximum Gasteiger partial charge on any atom is 0.416 e. The van der Waals surface area contributed by atoms with Gasteiger partial charge in [0.1, 0.15) is 0 Å². The van der Waals surface area contributed by atoms with Crippen LogP contribution in [0, 0.1) is 5.92 Å². The van der Waals surface area contributed by atoms with Gasteiger partial charge < -0.3 is 5.11 Å². The number of rotatable bonds is 1. The number of nitrogens with zero attached hydrogens (tertiary/aromatic N) is 1. The molecule has 2 unspecified atom stereocenters. The molecule has 1 aliphatic carbocycles. The average molecular weight is 245 g/mol. The van der Waals surface area contributed by atoms with Crippen molar-refractivity contribution >= 4 is 0 Å². The molecule has 94 valence electrons. The van der Waals surface area contributed by atoms with Crippen LogP contribution >= 0.6 is 0 Å². The van der Waals surface area contributed by atoms with Crippen molar-refractivity contribution in [2.45, 2.75) is 38.0 Å². The fourth-order valence-electron chi connectivity index (χ4n) is 2.55. The van der Waals surface area contributed by atoms with E-state index < -0.39 is 17.3 Å². The van der Waals surface area contributed by atoms with Crippen LogP contribution in [-0.4, -0.2) is 10.1 Å². The molecule has 0 spiro atoms. The number of hydrogen-bond acceptors (Lipinski definition) is 2. The molecule has 2 atom stereocenters. The van der Waals surface area contributed by atoms with Crippen LogP contribution in [0.15, 0.2) is 18.5 Å². The van der Waals surface area contributed by atoms with E-state index in [1.165, 1.54) is 0 Å². The van der Waals surface area contributed by atoms with E-state index in [0.29, 0.717) is 6.42 Å². The van der Waals surface area contributed by atoms with E-state index in [1.807, 2.05) is 0 Å². The van der Waals surface area contributed by atoms with Gasteiger partial charge >= 0.3 is 6.18 Å². The van der Waals surface area contributed by atoms with Gasteiger partial charge in [-0.2, -0.15) is 13.2 Å². The molecule has 0 aliphatic heterocycles. The Morgan fingerprint density at radius 3 is 2.71 bits per heavy atom. The van der Waals surface area contributed by atoms with Crippen LogP contribution in [0.1, 0.15) is 37.3 Å². The van der Waals surface area contributed by atoms with Gasteiger partial charge in [0.05, 0.1) is 11.2 Å². The molecule has 17 heavy (non-hydrogen) atoms. The van der Waals surface area contributed by atoms with Crippen LogP contribution in [0.2, 0.25) is 0 Å². The minimum atomic E-state index is -4.45. The molecule has 1 aromatic rings. The van der Waals surface area contributed by atoms with Crippen LogP contribution in [-0.2, 0) is 11.8 Å². The first-order valence-electron chi connectivity index (χ1n) is 5.60. The maximum absolute atomic E-state index is 12.9. The highest BCUT2D eigenvalue weighted by Gasteiger charge is 2.45. The second-order valence-electron chi connectivity index (χ2n) is 4.64. The molecule has 1 aromatic heterocycles. The third-order valence-corrected chi connectivity index (χ3v) is 3.60. The Hall–Kier alpha value is -1.10. The summed E-state index contributed by atoms with van der Waals surface area (Å²) in [7, 11) is 0. The van der Waals surface area contributed by atoms with Gasteiger partial charge in [-0.05, 0) is 31.2 Å². The van der Waals surface area contributed by atoms with Crippen LogP contribution in [0.3, 0.4) is 0 Å². The zero-order chi connectivity index (χ0) is 12.7. The lowest BCUT2D eigenvalue weighted by atomic mass is 9.83. The summed E-state index contributed by atoms with van der Waals surface area (Å²) in [4.78, 5) is 3.72. The number of pyridine rings is 1. The average Bonchev–Trinajstić information content (AvgIpc) is 2.59. The van der Waals surface area contributed by atoms with Gasteiger partial charge in [-0.15, -0.1) is 0 Å². The highest BCUT2D eigenvalue weighted by Crippen LogP contribution is 2.47. The largest absolute Gasteiger partial charge is 0.416 e. The van der Waals surface area contributed by atoms with Gasteiger partial charge in [0.15, 0.2) is 0 Å². The summed E-state index contributed by atoms with van der Waals surface area (Å²) in [6.07, 6.45) is -0.355. The van der Waals surface area contributed by atoms with Gasteiger partial charge in [-0.25, -0.2) is 0 Å². The van der Waals surface area contributed by atoms with E-state index in [0.717, 1.165) is 31.3 Å². The molecule has 1 aliphatic rings. The third-order valence-electron chi connectivity index (χ3n) is 3.60. The third kappa shape index (κ3) is 2.04. The van der Waals surface area contributed by atoms with E-state index in [9.17, 15) is 18.3 Å². The second-order valence-corrected chi connectivity index (χ2v) is 4.64. The first-order chi connectivity index (χ1) is 7.86. The Morgan fingerprint density at radius 2 is 2.18 bits per heavy atom. The Labute approximate surface area is 97.5 Å². The molecule has 0 radical (unpaired) electrons. The number of aromatic nitrogens is 1. The van der Waals surface area contributed by atoms with Crippen molar-refractivity contribution < 1.29 is 18.3 Å². The zero-order valence-electron chi connectivity index (χ0n) is 9.46. The van der Waals surface area contributed by atoms with E-state index >= 15 is 0 Å². The van der Waals surface area contributed by atoms with E-state index in [-0.39, 0.29) is 11.5 Å². The van der Waals surface area contributed by atoms with Crippen molar-refractivity contribution in [2.75, 3.05) is 0 Å². The molecule has 0 amide bonds. The van der Waals surface area contributed by atoms with Gasteiger partial charge in [0, 0.05) is 18.0 Å². The normalized spacial score (nSPS) is 29.6. The topological polar surface area (TPSA) is 33.1 Å². The summed E-state index contributed by atoms with van der Waals surface area (Å²) < 4.78 is 38.6. The Bertz CT molecular complexity index is 418. The minimum Gasteiger partial charge on any atom is -0.385 e.